The molecule has 5 rings (SSSR count). The molecule has 5 aromatic rings. The first-order valence-corrected chi connectivity index (χ1v) is 12.7. The molecule has 0 saturated carbocycles. The highest BCUT2D eigenvalue weighted by Gasteiger charge is 2.19. The van der Waals surface area contributed by atoms with Crippen LogP contribution in [0, 0.1) is 11.3 Å². The van der Waals surface area contributed by atoms with E-state index in [-0.39, 0.29) is 11.5 Å². The molecule has 34 heavy (non-hydrogen) atoms. The summed E-state index contributed by atoms with van der Waals surface area (Å²) in [6.07, 6.45) is 2.27. The molecule has 0 radical (unpaired) electrons. The minimum Gasteiger partial charge on any atom is -0.346 e. The number of aromatic nitrogens is 4. The summed E-state index contributed by atoms with van der Waals surface area (Å²) in [5, 5.41) is 21.5. The minimum atomic E-state index is 0.0313. The van der Waals surface area contributed by atoms with Crippen molar-refractivity contribution in [2.45, 2.75) is 24.7 Å². The number of rotatable bonds is 9. The number of Topliss-reactive ketones (excluding diaryl/α,β-unsaturated/α-hetero) is 1. The van der Waals surface area contributed by atoms with Gasteiger partial charge >= 0.3 is 0 Å². The molecule has 0 N–H and O–H groups in total. The molecule has 0 spiro atoms. The number of carbonyl (C=O) groups excluding carboxylic acids is 1. The molecular weight excluding hydrogens is 462 g/mol. The monoisotopic (exact) mass is 483 g/mol. The Morgan fingerprint density at radius 3 is 2.65 bits per heavy atom. The first-order valence-electron chi connectivity index (χ1n) is 10.9. The summed E-state index contributed by atoms with van der Waals surface area (Å²) >= 11 is 3.03. The summed E-state index contributed by atoms with van der Waals surface area (Å²) in [6, 6.07) is 24.2. The van der Waals surface area contributed by atoms with Gasteiger partial charge in [-0.25, -0.2) is 0 Å². The quantitative estimate of drug-likeness (QED) is 0.193. The van der Waals surface area contributed by atoms with Gasteiger partial charge in [-0.05, 0) is 23.1 Å². The van der Waals surface area contributed by atoms with Gasteiger partial charge in [0.1, 0.15) is 0 Å². The fourth-order valence-electron chi connectivity index (χ4n) is 3.92. The number of carbonyl (C=O) groups is 1. The van der Waals surface area contributed by atoms with Crippen LogP contribution in [0.25, 0.3) is 21.6 Å². The number of nitrogens with zero attached hydrogens (tertiary/aromatic N) is 5. The molecular formula is C26H21N5OS2. The summed E-state index contributed by atoms with van der Waals surface area (Å²) in [5.41, 5.74) is 2.79. The number of ketones is 1. The summed E-state index contributed by atoms with van der Waals surface area (Å²) in [6.45, 7) is 1.19. The molecule has 0 aliphatic heterocycles. The highest BCUT2D eigenvalue weighted by molar-refractivity contribution is 7.99. The second kappa shape index (κ2) is 10.1. The summed E-state index contributed by atoms with van der Waals surface area (Å²) < 4.78 is 4.07. The second-order valence-corrected chi connectivity index (χ2v) is 9.62. The fraction of sp³-hybridized carbons (Fsp3) is 0.154. The van der Waals surface area contributed by atoms with Crippen molar-refractivity contribution in [3.8, 4) is 16.8 Å². The number of fused-ring (bicyclic) bond motifs is 1. The average Bonchev–Trinajstić information content (AvgIpc) is 3.61. The number of benzene rings is 2. The van der Waals surface area contributed by atoms with Crippen molar-refractivity contribution in [2.24, 2.45) is 0 Å². The number of thioether (sulfide) groups is 1. The molecule has 0 aliphatic carbocycles. The van der Waals surface area contributed by atoms with Crippen LogP contribution in [0.5, 0.6) is 0 Å². The zero-order valence-electron chi connectivity index (χ0n) is 18.3. The van der Waals surface area contributed by atoms with Crippen LogP contribution in [0.1, 0.15) is 22.3 Å². The maximum Gasteiger partial charge on any atom is 0.192 e. The van der Waals surface area contributed by atoms with Crippen molar-refractivity contribution >= 4 is 39.8 Å². The second-order valence-electron chi connectivity index (χ2n) is 7.73. The van der Waals surface area contributed by atoms with Gasteiger partial charge in [0.05, 0.1) is 29.7 Å². The van der Waals surface area contributed by atoms with E-state index in [9.17, 15) is 4.79 Å². The van der Waals surface area contributed by atoms with Crippen LogP contribution in [0.15, 0.2) is 83.5 Å². The van der Waals surface area contributed by atoms with Crippen LogP contribution in [0.3, 0.4) is 0 Å². The maximum atomic E-state index is 13.3. The lowest BCUT2D eigenvalue weighted by Gasteiger charge is -2.09. The Morgan fingerprint density at radius 2 is 1.85 bits per heavy atom. The lowest BCUT2D eigenvalue weighted by Crippen LogP contribution is -2.06. The summed E-state index contributed by atoms with van der Waals surface area (Å²) in [7, 11) is 0. The van der Waals surface area contributed by atoms with E-state index in [0.29, 0.717) is 30.2 Å². The third kappa shape index (κ3) is 4.53. The third-order valence-electron chi connectivity index (χ3n) is 5.53. The zero-order valence-corrected chi connectivity index (χ0v) is 19.9. The van der Waals surface area contributed by atoms with E-state index in [1.54, 1.807) is 11.3 Å². The van der Waals surface area contributed by atoms with E-state index < -0.39 is 0 Å². The molecule has 3 aromatic heterocycles. The lowest BCUT2D eigenvalue weighted by molar-refractivity contribution is 0.102. The smallest absolute Gasteiger partial charge is 0.192 e. The molecule has 0 bridgehead atoms. The van der Waals surface area contributed by atoms with E-state index in [1.165, 1.54) is 11.8 Å². The normalized spacial score (nSPS) is 11.0. The Morgan fingerprint density at radius 1 is 1.03 bits per heavy atom. The Balaban J connectivity index is 1.41. The molecule has 8 heteroatoms. The molecule has 0 amide bonds. The Bertz CT molecular complexity index is 1460. The molecule has 6 nitrogen and oxygen atoms in total. The van der Waals surface area contributed by atoms with Crippen LogP contribution in [-0.4, -0.2) is 30.9 Å². The van der Waals surface area contributed by atoms with E-state index in [1.807, 2.05) is 70.7 Å². The Labute approximate surface area is 205 Å². The number of thiophene rings is 1. The van der Waals surface area contributed by atoms with Crippen LogP contribution in [0.4, 0.5) is 0 Å². The SMILES string of the molecule is N#CCCn1cc(C(=O)CSc2nnc(-c3cccs3)n2Cc2ccccc2)c2ccccc21. The number of nitriles is 1. The standard InChI is InChI=1S/C26H21N5OS2/c27-13-7-14-30-17-21(20-10-4-5-11-22(20)30)23(32)18-34-26-29-28-25(24-12-6-15-33-24)31(26)16-19-8-2-1-3-9-19/h1-6,8-12,15,17H,7,14,16,18H2. The number of aryl methyl sites for hydroxylation is 1. The fourth-order valence-corrected chi connectivity index (χ4v) is 5.46. The largest absolute Gasteiger partial charge is 0.346 e. The van der Waals surface area contributed by atoms with Gasteiger partial charge in [0, 0.05) is 29.2 Å². The van der Waals surface area contributed by atoms with Crippen molar-refractivity contribution in [3.63, 3.8) is 0 Å². The lowest BCUT2D eigenvalue weighted by atomic mass is 10.1. The van der Waals surface area contributed by atoms with Gasteiger partial charge in [0.2, 0.25) is 0 Å². The highest BCUT2D eigenvalue weighted by Crippen LogP contribution is 2.29. The van der Waals surface area contributed by atoms with E-state index >= 15 is 0 Å². The molecule has 0 unspecified atom stereocenters. The van der Waals surface area contributed by atoms with Crippen LogP contribution >= 0.6 is 23.1 Å². The predicted octanol–water partition coefficient (Wildman–Crippen LogP) is 5.90. The maximum absolute atomic E-state index is 13.3. The Kier molecular flexibility index (Phi) is 6.56. The van der Waals surface area contributed by atoms with E-state index in [4.69, 9.17) is 5.26 Å². The third-order valence-corrected chi connectivity index (χ3v) is 7.36. The van der Waals surface area contributed by atoms with E-state index in [2.05, 4.69) is 33.0 Å². The van der Waals surface area contributed by atoms with Crippen molar-refractivity contribution in [3.05, 3.63) is 89.4 Å². The number of hydrogen-bond acceptors (Lipinski definition) is 6. The van der Waals surface area contributed by atoms with Crippen LogP contribution in [0.2, 0.25) is 0 Å². The first kappa shape index (κ1) is 22.1. The molecule has 0 aliphatic rings. The van der Waals surface area contributed by atoms with Gasteiger partial charge in [-0.3, -0.25) is 9.36 Å². The molecule has 0 fully saturated rings. The van der Waals surface area contributed by atoms with Crippen molar-refractivity contribution in [1.29, 1.82) is 5.26 Å². The average molecular weight is 484 g/mol. The summed E-state index contributed by atoms with van der Waals surface area (Å²) in [4.78, 5) is 14.3. The van der Waals surface area contributed by atoms with Gasteiger partial charge < -0.3 is 4.57 Å². The van der Waals surface area contributed by atoms with Crippen molar-refractivity contribution in [2.75, 3.05) is 5.75 Å². The van der Waals surface area contributed by atoms with E-state index in [0.717, 1.165) is 27.2 Å². The first-order chi connectivity index (χ1) is 16.7. The van der Waals surface area contributed by atoms with Crippen LogP contribution < -0.4 is 0 Å². The molecule has 0 atom stereocenters. The highest BCUT2D eigenvalue weighted by atomic mass is 32.2. The minimum absolute atomic E-state index is 0.0313. The molecule has 0 saturated heterocycles. The Hall–Kier alpha value is -3.67. The number of para-hydroxylation sites is 1. The van der Waals surface area contributed by atoms with Crippen molar-refractivity contribution < 1.29 is 4.79 Å². The summed E-state index contributed by atoms with van der Waals surface area (Å²) in [5.74, 6) is 1.09. The zero-order chi connectivity index (χ0) is 23.3. The van der Waals surface area contributed by atoms with Crippen molar-refractivity contribution in [1.82, 2.24) is 19.3 Å². The molecule has 3 heterocycles. The number of hydrogen-bond donors (Lipinski definition) is 0. The van der Waals surface area contributed by atoms with Gasteiger partial charge in [0.25, 0.3) is 0 Å². The van der Waals surface area contributed by atoms with Gasteiger partial charge in [-0.1, -0.05) is 66.4 Å². The van der Waals surface area contributed by atoms with Gasteiger partial charge in [0.15, 0.2) is 16.8 Å². The van der Waals surface area contributed by atoms with Gasteiger partial charge in [-0.2, -0.15) is 5.26 Å². The van der Waals surface area contributed by atoms with Crippen LogP contribution in [-0.2, 0) is 13.1 Å². The topological polar surface area (TPSA) is 76.5 Å². The molecule has 168 valence electrons. The molecule has 2 aromatic carbocycles. The predicted molar refractivity (Wildman–Crippen MR) is 136 cm³/mol. The van der Waals surface area contributed by atoms with Gasteiger partial charge in [-0.15, -0.1) is 21.5 Å².